The summed E-state index contributed by atoms with van der Waals surface area (Å²) >= 11 is 0. The first kappa shape index (κ1) is 25.5. The van der Waals surface area contributed by atoms with Crippen LogP contribution >= 0.6 is 0 Å². The lowest BCUT2D eigenvalue weighted by Gasteiger charge is -2.43. The molecule has 2 heteroatoms. The number of alkyl halides is 2. The molecule has 0 aromatic heterocycles. The number of unbranched alkanes of at least 4 members (excludes halogenated alkanes) is 2. The van der Waals surface area contributed by atoms with Crippen molar-refractivity contribution in [3.05, 3.63) is 0 Å². The molecule has 0 nitrogen and oxygen atoms in total. The van der Waals surface area contributed by atoms with E-state index in [1.807, 2.05) is 0 Å². The summed E-state index contributed by atoms with van der Waals surface area (Å²) in [7, 11) is 0. The molecule has 0 aromatic rings. The minimum Gasteiger partial charge on any atom is -0.244 e. The monoisotopic (exact) mass is 438 g/mol. The van der Waals surface area contributed by atoms with Gasteiger partial charge in [-0.3, -0.25) is 0 Å². The molecule has 3 rings (SSSR count). The number of hydrogen-bond donors (Lipinski definition) is 0. The van der Waals surface area contributed by atoms with Gasteiger partial charge in [-0.1, -0.05) is 72.1 Å². The van der Waals surface area contributed by atoms with Crippen molar-refractivity contribution in [2.24, 2.45) is 41.4 Å². The van der Waals surface area contributed by atoms with Crippen LogP contribution in [0.1, 0.15) is 130 Å². The van der Waals surface area contributed by atoms with Gasteiger partial charge in [-0.25, -0.2) is 8.78 Å². The molecule has 182 valence electrons. The van der Waals surface area contributed by atoms with Gasteiger partial charge in [0.2, 0.25) is 0 Å². The van der Waals surface area contributed by atoms with Gasteiger partial charge in [0.1, 0.15) is 12.3 Å². The van der Waals surface area contributed by atoms with Crippen molar-refractivity contribution in [3.8, 4) is 0 Å². The number of hydrogen-bond acceptors (Lipinski definition) is 0. The maximum absolute atomic E-state index is 15.2. The molecule has 0 aliphatic heterocycles. The van der Waals surface area contributed by atoms with Crippen LogP contribution in [-0.2, 0) is 0 Å². The second-order valence-corrected chi connectivity index (χ2v) is 12.0. The van der Waals surface area contributed by atoms with Crippen LogP contribution in [0.3, 0.4) is 0 Å². The SMILES string of the molecule is CCCCCC(C)CC1CCC(C2CCC(C3CCC(CCC)CC3)CC2)C(F)C1F. The van der Waals surface area contributed by atoms with Crippen LogP contribution in [0.4, 0.5) is 8.78 Å². The Balaban J connectivity index is 1.40. The highest BCUT2D eigenvalue weighted by Gasteiger charge is 2.44. The van der Waals surface area contributed by atoms with E-state index >= 15 is 8.78 Å². The second kappa shape index (κ2) is 12.9. The Bertz CT molecular complexity index is 475. The van der Waals surface area contributed by atoms with Crippen molar-refractivity contribution >= 4 is 0 Å². The molecule has 3 aliphatic rings. The summed E-state index contributed by atoms with van der Waals surface area (Å²) in [6.07, 6.45) is 18.7. The fourth-order valence-electron chi connectivity index (χ4n) is 7.74. The van der Waals surface area contributed by atoms with E-state index < -0.39 is 12.3 Å². The molecule has 3 saturated carbocycles. The molecule has 31 heavy (non-hydrogen) atoms. The van der Waals surface area contributed by atoms with Crippen LogP contribution in [0.25, 0.3) is 0 Å². The van der Waals surface area contributed by atoms with E-state index in [2.05, 4.69) is 20.8 Å². The lowest BCUT2D eigenvalue weighted by atomic mass is 9.63. The van der Waals surface area contributed by atoms with Crippen molar-refractivity contribution in [3.63, 3.8) is 0 Å². The fraction of sp³-hybridized carbons (Fsp3) is 1.00. The summed E-state index contributed by atoms with van der Waals surface area (Å²) in [5.74, 6) is 3.74. The van der Waals surface area contributed by atoms with Gasteiger partial charge in [0.25, 0.3) is 0 Å². The smallest absolute Gasteiger partial charge is 0.134 e. The zero-order valence-corrected chi connectivity index (χ0v) is 21.0. The zero-order chi connectivity index (χ0) is 22.2. The molecule has 0 bridgehead atoms. The molecular formula is C29H52F2. The Hall–Kier alpha value is -0.140. The first-order chi connectivity index (χ1) is 15.0. The Morgan fingerprint density at radius 3 is 1.90 bits per heavy atom. The van der Waals surface area contributed by atoms with Crippen molar-refractivity contribution < 1.29 is 8.78 Å². The third-order valence-corrected chi connectivity index (χ3v) is 9.72. The third-order valence-electron chi connectivity index (χ3n) is 9.72. The maximum atomic E-state index is 15.2. The van der Waals surface area contributed by atoms with Crippen molar-refractivity contribution in [1.82, 2.24) is 0 Å². The first-order valence-corrected chi connectivity index (χ1v) is 14.3. The van der Waals surface area contributed by atoms with Crippen LogP contribution in [0.15, 0.2) is 0 Å². The van der Waals surface area contributed by atoms with Crippen LogP contribution in [-0.4, -0.2) is 12.3 Å². The molecule has 0 aromatic carbocycles. The van der Waals surface area contributed by atoms with Gasteiger partial charge in [0, 0.05) is 0 Å². The maximum Gasteiger partial charge on any atom is 0.134 e. The van der Waals surface area contributed by atoms with Crippen LogP contribution in [0.2, 0.25) is 0 Å². The van der Waals surface area contributed by atoms with E-state index in [0.29, 0.717) is 11.8 Å². The number of rotatable bonds is 10. The second-order valence-electron chi connectivity index (χ2n) is 12.0. The molecule has 0 saturated heterocycles. The summed E-state index contributed by atoms with van der Waals surface area (Å²) < 4.78 is 30.3. The molecular weight excluding hydrogens is 386 g/mol. The Morgan fingerprint density at radius 1 is 0.677 bits per heavy atom. The molecule has 0 spiro atoms. The van der Waals surface area contributed by atoms with Crippen molar-refractivity contribution in [2.75, 3.05) is 0 Å². The van der Waals surface area contributed by atoms with E-state index in [4.69, 9.17) is 0 Å². The van der Waals surface area contributed by atoms with E-state index in [-0.39, 0.29) is 11.8 Å². The molecule has 5 unspecified atom stereocenters. The van der Waals surface area contributed by atoms with Gasteiger partial charge < -0.3 is 0 Å². The van der Waals surface area contributed by atoms with E-state index in [0.717, 1.165) is 49.9 Å². The highest BCUT2D eigenvalue weighted by atomic mass is 19.2. The molecule has 3 fully saturated rings. The highest BCUT2D eigenvalue weighted by molar-refractivity contribution is 4.93. The van der Waals surface area contributed by atoms with Gasteiger partial charge in [-0.15, -0.1) is 0 Å². The van der Waals surface area contributed by atoms with Gasteiger partial charge in [0.05, 0.1) is 0 Å². The topological polar surface area (TPSA) is 0 Å². The van der Waals surface area contributed by atoms with Crippen molar-refractivity contribution in [2.45, 2.75) is 142 Å². The molecule has 3 aliphatic carbocycles. The molecule has 0 N–H and O–H groups in total. The van der Waals surface area contributed by atoms with Crippen molar-refractivity contribution in [1.29, 1.82) is 0 Å². The van der Waals surface area contributed by atoms with E-state index in [1.54, 1.807) is 0 Å². The van der Waals surface area contributed by atoms with Gasteiger partial charge in [-0.05, 0) is 99.2 Å². The Morgan fingerprint density at radius 2 is 1.29 bits per heavy atom. The summed E-state index contributed by atoms with van der Waals surface area (Å²) in [5, 5.41) is 0. The summed E-state index contributed by atoms with van der Waals surface area (Å²) in [6, 6.07) is 0. The predicted octanol–water partition coefficient (Wildman–Crippen LogP) is 9.71. The molecule has 5 atom stereocenters. The summed E-state index contributed by atoms with van der Waals surface area (Å²) in [6.45, 7) is 6.79. The van der Waals surface area contributed by atoms with Crippen LogP contribution < -0.4 is 0 Å². The normalized spacial score (nSPS) is 40.5. The lowest BCUT2D eigenvalue weighted by Crippen LogP contribution is -2.43. The van der Waals surface area contributed by atoms with Crippen LogP contribution in [0.5, 0.6) is 0 Å². The fourth-order valence-corrected chi connectivity index (χ4v) is 7.74. The standard InChI is InChI=1S/C29H52F2/c1-4-6-7-9-21(3)20-26-18-19-27(29(31)28(26)30)25-16-14-24(15-17-25)23-12-10-22(8-5-2)11-13-23/h21-29H,4-20H2,1-3H3. The summed E-state index contributed by atoms with van der Waals surface area (Å²) in [5.41, 5.74) is 0. The van der Waals surface area contributed by atoms with Gasteiger partial charge >= 0.3 is 0 Å². The minimum atomic E-state index is -1.21. The lowest BCUT2D eigenvalue weighted by molar-refractivity contribution is -0.0208. The molecule has 0 amide bonds. The zero-order valence-electron chi connectivity index (χ0n) is 21.0. The van der Waals surface area contributed by atoms with E-state index in [9.17, 15) is 0 Å². The van der Waals surface area contributed by atoms with E-state index in [1.165, 1.54) is 77.0 Å². The Kier molecular flexibility index (Phi) is 10.6. The predicted molar refractivity (Wildman–Crippen MR) is 130 cm³/mol. The molecule has 0 heterocycles. The average molecular weight is 439 g/mol. The first-order valence-electron chi connectivity index (χ1n) is 14.3. The molecule has 0 radical (unpaired) electrons. The quantitative estimate of drug-likeness (QED) is 0.298. The minimum absolute atomic E-state index is 0.00267. The van der Waals surface area contributed by atoms with Gasteiger partial charge in [-0.2, -0.15) is 0 Å². The number of halogens is 2. The van der Waals surface area contributed by atoms with Gasteiger partial charge in [0.15, 0.2) is 0 Å². The highest BCUT2D eigenvalue weighted by Crippen LogP contribution is 2.48. The Labute approximate surface area is 192 Å². The largest absolute Gasteiger partial charge is 0.244 e. The average Bonchev–Trinajstić information content (AvgIpc) is 2.78. The third kappa shape index (κ3) is 7.17. The van der Waals surface area contributed by atoms with Crippen LogP contribution in [0, 0.1) is 41.4 Å². The summed E-state index contributed by atoms with van der Waals surface area (Å²) in [4.78, 5) is 0.